The molecular formula is C15H18ClNO. The number of hydrogen-bond donors (Lipinski definition) is 0. The third-order valence-corrected chi connectivity index (χ3v) is 3.83. The maximum atomic E-state index is 9.12. The number of hydrogen-bond acceptors (Lipinski definition) is 2. The first-order valence-electron chi connectivity index (χ1n) is 6.45. The van der Waals surface area contributed by atoms with Crippen molar-refractivity contribution in [2.75, 3.05) is 0 Å². The summed E-state index contributed by atoms with van der Waals surface area (Å²) in [5.74, 6) is 1.99. The van der Waals surface area contributed by atoms with Crippen molar-refractivity contribution in [3.8, 4) is 11.8 Å². The molecule has 1 saturated carbocycles. The fourth-order valence-electron chi connectivity index (χ4n) is 2.86. The van der Waals surface area contributed by atoms with Crippen LogP contribution in [0.1, 0.15) is 38.7 Å². The van der Waals surface area contributed by atoms with Gasteiger partial charge in [0.2, 0.25) is 0 Å². The standard InChI is InChI=1S/C15H18ClNO/c1-10-6-11(2)8-12(7-10)18-15-5-3-4-14(16)13(15)9-17/h3-5,10-12H,6-8H2,1-2H3. The molecule has 0 radical (unpaired) electrons. The van der Waals surface area contributed by atoms with E-state index in [1.807, 2.05) is 12.1 Å². The third-order valence-electron chi connectivity index (χ3n) is 3.52. The maximum absolute atomic E-state index is 9.12. The first-order chi connectivity index (χ1) is 8.60. The van der Waals surface area contributed by atoms with Crippen molar-refractivity contribution >= 4 is 11.6 Å². The van der Waals surface area contributed by atoms with E-state index in [2.05, 4.69) is 19.9 Å². The monoisotopic (exact) mass is 263 g/mol. The summed E-state index contributed by atoms with van der Waals surface area (Å²) in [4.78, 5) is 0. The second kappa shape index (κ2) is 5.63. The zero-order valence-electron chi connectivity index (χ0n) is 10.8. The lowest BCUT2D eigenvalue weighted by Gasteiger charge is -2.31. The highest BCUT2D eigenvalue weighted by atomic mass is 35.5. The Labute approximate surface area is 114 Å². The van der Waals surface area contributed by atoms with Crippen molar-refractivity contribution in [3.63, 3.8) is 0 Å². The maximum Gasteiger partial charge on any atom is 0.139 e. The number of halogens is 1. The van der Waals surface area contributed by atoms with E-state index in [4.69, 9.17) is 21.6 Å². The molecule has 0 heterocycles. The molecule has 1 aromatic carbocycles. The Hall–Kier alpha value is -1.20. The van der Waals surface area contributed by atoms with Gasteiger partial charge in [-0.2, -0.15) is 5.26 Å². The quantitative estimate of drug-likeness (QED) is 0.792. The van der Waals surface area contributed by atoms with Gasteiger partial charge in [-0.1, -0.05) is 31.5 Å². The third kappa shape index (κ3) is 2.97. The van der Waals surface area contributed by atoms with E-state index in [1.54, 1.807) is 6.07 Å². The van der Waals surface area contributed by atoms with Crippen LogP contribution < -0.4 is 4.74 Å². The van der Waals surface area contributed by atoms with Crippen molar-refractivity contribution in [2.45, 2.75) is 39.2 Å². The molecule has 2 nitrogen and oxygen atoms in total. The number of rotatable bonds is 2. The molecule has 1 fully saturated rings. The largest absolute Gasteiger partial charge is 0.489 e. The molecule has 2 atom stereocenters. The summed E-state index contributed by atoms with van der Waals surface area (Å²) in [6.07, 6.45) is 3.58. The van der Waals surface area contributed by atoms with E-state index >= 15 is 0 Å². The van der Waals surface area contributed by atoms with Gasteiger partial charge in [0.1, 0.15) is 17.4 Å². The number of nitrogens with zero attached hydrogens (tertiary/aromatic N) is 1. The van der Waals surface area contributed by atoms with Crippen LogP contribution >= 0.6 is 11.6 Å². The molecule has 2 unspecified atom stereocenters. The van der Waals surface area contributed by atoms with Gasteiger partial charge in [0.25, 0.3) is 0 Å². The fraction of sp³-hybridized carbons (Fsp3) is 0.533. The van der Waals surface area contributed by atoms with Crippen LogP contribution in [-0.4, -0.2) is 6.10 Å². The predicted octanol–water partition coefficient (Wildman–Crippen LogP) is 4.42. The van der Waals surface area contributed by atoms with Gasteiger partial charge in [0.15, 0.2) is 0 Å². The molecule has 0 saturated heterocycles. The molecule has 0 bridgehead atoms. The van der Waals surface area contributed by atoms with E-state index in [1.165, 1.54) is 6.42 Å². The minimum Gasteiger partial charge on any atom is -0.489 e. The van der Waals surface area contributed by atoms with Gasteiger partial charge in [-0.05, 0) is 43.2 Å². The van der Waals surface area contributed by atoms with Crippen molar-refractivity contribution < 1.29 is 4.74 Å². The fourth-order valence-corrected chi connectivity index (χ4v) is 3.07. The Kier molecular flexibility index (Phi) is 4.14. The smallest absolute Gasteiger partial charge is 0.139 e. The highest BCUT2D eigenvalue weighted by molar-refractivity contribution is 6.31. The zero-order chi connectivity index (χ0) is 13.1. The van der Waals surface area contributed by atoms with Crippen LogP contribution in [0.5, 0.6) is 5.75 Å². The Balaban J connectivity index is 2.14. The summed E-state index contributed by atoms with van der Waals surface area (Å²) >= 11 is 6.00. The molecule has 1 aliphatic carbocycles. The molecular weight excluding hydrogens is 246 g/mol. The van der Waals surface area contributed by atoms with Crippen molar-refractivity contribution in [1.82, 2.24) is 0 Å². The lowest BCUT2D eigenvalue weighted by Crippen LogP contribution is -2.28. The molecule has 0 amide bonds. The first-order valence-corrected chi connectivity index (χ1v) is 6.83. The van der Waals surface area contributed by atoms with Crippen LogP contribution in [-0.2, 0) is 0 Å². The van der Waals surface area contributed by atoms with E-state index in [0.29, 0.717) is 28.2 Å². The minimum atomic E-state index is 0.203. The Bertz CT molecular complexity index is 456. The molecule has 18 heavy (non-hydrogen) atoms. The normalized spacial score (nSPS) is 27.6. The van der Waals surface area contributed by atoms with E-state index in [-0.39, 0.29) is 6.10 Å². The number of nitriles is 1. The van der Waals surface area contributed by atoms with E-state index in [0.717, 1.165) is 12.8 Å². The Morgan fingerprint density at radius 3 is 2.50 bits per heavy atom. The number of benzene rings is 1. The minimum absolute atomic E-state index is 0.203. The second-order valence-corrected chi connectivity index (χ2v) is 5.79. The van der Waals surface area contributed by atoms with Crippen LogP contribution in [0.2, 0.25) is 5.02 Å². The van der Waals surface area contributed by atoms with Gasteiger partial charge >= 0.3 is 0 Å². The summed E-state index contributed by atoms with van der Waals surface area (Å²) in [5, 5.41) is 9.58. The lowest BCUT2D eigenvalue weighted by molar-refractivity contribution is 0.101. The average molecular weight is 264 g/mol. The lowest BCUT2D eigenvalue weighted by atomic mass is 9.82. The Morgan fingerprint density at radius 2 is 1.89 bits per heavy atom. The molecule has 96 valence electrons. The highest BCUT2D eigenvalue weighted by Gasteiger charge is 2.26. The second-order valence-electron chi connectivity index (χ2n) is 5.38. The molecule has 0 spiro atoms. The average Bonchev–Trinajstić information content (AvgIpc) is 2.27. The van der Waals surface area contributed by atoms with Crippen LogP contribution in [0.15, 0.2) is 18.2 Å². The van der Waals surface area contributed by atoms with Crippen LogP contribution in [0.25, 0.3) is 0 Å². The first kappa shape index (κ1) is 13.2. The predicted molar refractivity (Wildman–Crippen MR) is 72.8 cm³/mol. The zero-order valence-corrected chi connectivity index (χ0v) is 11.6. The van der Waals surface area contributed by atoms with Crippen LogP contribution in [0, 0.1) is 23.2 Å². The topological polar surface area (TPSA) is 33.0 Å². The molecule has 1 aliphatic rings. The van der Waals surface area contributed by atoms with Gasteiger partial charge in [-0.25, -0.2) is 0 Å². The summed E-state index contributed by atoms with van der Waals surface area (Å²) in [6.45, 7) is 4.52. The van der Waals surface area contributed by atoms with Gasteiger partial charge in [0.05, 0.1) is 11.1 Å². The van der Waals surface area contributed by atoms with Crippen LogP contribution in [0.3, 0.4) is 0 Å². The molecule has 0 aliphatic heterocycles. The summed E-state index contributed by atoms with van der Waals surface area (Å²) < 4.78 is 5.99. The van der Waals surface area contributed by atoms with Gasteiger partial charge in [-0.3, -0.25) is 0 Å². The Morgan fingerprint density at radius 1 is 1.22 bits per heavy atom. The van der Waals surface area contributed by atoms with Crippen molar-refractivity contribution in [1.29, 1.82) is 5.26 Å². The number of ether oxygens (including phenoxy) is 1. The molecule has 0 aromatic heterocycles. The molecule has 1 aromatic rings. The molecule has 3 heteroatoms. The van der Waals surface area contributed by atoms with Gasteiger partial charge < -0.3 is 4.74 Å². The van der Waals surface area contributed by atoms with Gasteiger partial charge in [0, 0.05) is 0 Å². The van der Waals surface area contributed by atoms with Gasteiger partial charge in [-0.15, -0.1) is 0 Å². The van der Waals surface area contributed by atoms with E-state index < -0.39 is 0 Å². The summed E-state index contributed by atoms with van der Waals surface area (Å²) in [6, 6.07) is 7.50. The summed E-state index contributed by atoms with van der Waals surface area (Å²) in [5.41, 5.74) is 0.449. The molecule has 2 rings (SSSR count). The van der Waals surface area contributed by atoms with Crippen molar-refractivity contribution in [2.24, 2.45) is 11.8 Å². The van der Waals surface area contributed by atoms with Crippen LogP contribution in [0.4, 0.5) is 0 Å². The summed E-state index contributed by atoms with van der Waals surface area (Å²) in [7, 11) is 0. The van der Waals surface area contributed by atoms with E-state index in [9.17, 15) is 0 Å². The molecule has 0 N–H and O–H groups in total. The SMILES string of the molecule is CC1CC(C)CC(Oc2cccc(Cl)c2C#N)C1. The highest BCUT2D eigenvalue weighted by Crippen LogP contribution is 2.33. The van der Waals surface area contributed by atoms with Crippen molar-refractivity contribution in [3.05, 3.63) is 28.8 Å².